The molecular formula is C9H10N4. The van der Waals surface area contributed by atoms with E-state index in [1.807, 2.05) is 24.5 Å². The fourth-order valence-corrected chi connectivity index (χ4v) is 1.12. The second kappa shape index (κ2) is 3.26. The van der Waals surface area contributed by atoms with Crippen molar-refractivity contribution in [3.63, 3.8) is 0 Å². The highest BCUT2D eigenvalue weighted by atomic mass is 15.1. The van der Waals surface area contributed by atoms with Gasteiger partial charge in [0, 0.05) is 31.2 Å². The second-order valence-electron chi connectivity index (χ2n) is 2.62. The number of rotatable bonds is 2. The van der Waals surface area contributed by atoms with E-state index >= 15 is 0 Å². The molecule has 0 atom stereocenters. The summed E-state index contributed by atoms with van der Waals surface area (Å²) in [6.07, 6.45) is 5.51. The van der Waals surface area contributed by atoms with Crippen molar-refractivity contribution < 1.29 is 0 Å². The van der Waals surface area contributed by atoms with Gasteiger partial charge in [-0.1, -0.05) is 0 Å². The predicted molar refractivity (Wildman–Crippen MR) is 51.4 cm³/mol. The van der Waals surface area contributed by atoms with Gasteiger partial charge in [0.1, 0.15) is 0 Å². The molecule has 0 aliphatic rings. The minimum Gasteiger partial charge on any atom is -0.367 e. The van der Waals surface area contributed by atoms with Crippen LogP contribution >= 0.6 is 0 Å². The molecular weight excluding hydrogens is 164 g/mol. The van der Waals surface area contributed by atoms with Crippen LogP contribution in [0.25, 0.3) is 11.3 Å². The number of H-pyrrole nitrogens is 1. The third kappa shape index (κ3) is 1.51. The SMILES string of the molecule is CNc1nccc(-c2cc[nH]c2)n1. The van der Waals surface area contributed by atoms with E-state index in [-0.39, 0.29) is 0 Å². The van der Waals surface area contributed by atoms with Crippen molar-refractivity contribution in [1.82, 2.24) is 15.0 Å². The molecule has 0 bridgehead atoms. The lowest BCUT2D eigenvalue weighted by molar-refractivity contribution is 1.15. The Bertz CT molecular complexity index is 380. The van der Waals surface area contributed by atoms with Crippen LogP contribution in [0.15, 0.2) is 30.7 Å². The summed E-state index contributed by atoms with van der Waals surface area (Å²) in [5.41, 5.74) is 1.99. The van der Waals surface area contributed by atoms with Gasteiger partial charge in [-0.3, -0.25) is 0 Å². The molecule has 2 N–H and O–H groups in total. The summed E-state index contributed by atoms with van der Waals surface area (Å²) in [7, 11) is 1.80. The number of hydrogen-bond acceptors (Lipinski definition) is 3. The van der Waals surface area contributed by atoms with Crippen LogP contribution in [-0.2, 0) is 0 Å². The van der Waals surface area contributed by atoms with E-state index in [9.17, 15) is 0 Å². The average Bonchev–Trinajstić information content (AvgIpc) is 2.71. The molecule has 2 heterocycles. The lowest BCUT2D eigenvalue weighted by atomic mass is 10.2. The maximum absolute atomic E-state index is 4.29. The second-order valence-corrected chi connectivity index (χ2v) is 2.62. The molecule has 0 saturated carbocycles. The molecule has 0 spiro atoms. The molecule has 0 saturated heterocycles. The van der Waals surface area contributed by atoms with Crippen molar-refractivity contribution in [2.24, 2.45) is 0 Å². The number of hydrogen-bond donors (Lipinski definition) is 2. The molecule has 0 radical (unpaired) electrons. The molecule has 0 amide bonds. The Labute approximate surface area is 76.1 Å². The van der Waals surface area contributed by atoms with Crippen LogP contribution in [0.4, 0.5) is 5.95 Å². The van der Waals surface area contributed by atoms with Crippen molar-refractivity contribution in [1.29, 1.82) is 0 Å². The van der Waals surface area contributed by atoms with Gasteiger partial charge in [-0.2, -0.15) is 0 Å². The van der Waals surface area contributed by atoms with Crippen molar-refractivity contribution in [3.8, 4) is 11.3 Å². The quantitative estimate of drug-likeness (QED) is 0.725. The normalized spacial score (nSPS) is 9.92. The van der Waals surface area contributed by atoms with Crippen LogP contribution in [0.5, 0.6) is 0 Å². The minimum atomic E-state index is 0.638. The highest BCUT2D eigenvalue weighted by Crippen LogP contribution is 2.15. The van der Waals surface area contributed by atoms with Crippen molar-refractivity contribution in [2.45, 2.75) is 0 Å². The summed E-state index contributed by atoms with van der Waals surface area (Å²) in [6.45, 7) is 0. The van der Waals surface area contributed by atoms with Crippen LogP contribution in [-0.4, -0.2) is 22.0 Å². The molecule has 0 aliphatic carbocycles. The first-order chi connectivity index (χ1) is 6.40. The first-order valence-electron chi connectivity index (χ1n) is 4.04. The molecule has 4 heteroatoms. The lowest BCUT2D eigenvalue weighted by Gasteiger charge is -1.99. The fourth-order valence-electron chi connectivity index (χ4n) is 1.12. The summed E-state index contributed by atoms with van der Waals surface area (Å²) < 4.78 is 0. The van der Waals surface area contributed by atoms with Gasteiger partial charge < -0.3 is 10.3 Å². The third-order valence-corrected chi connectivity index (χ3v) is 1.77. The van der Waals surface area contributed by atoms with Gasteiger partial charge in [0.15, 0.2) is 0 Å². The fraction of sp³-hybridized carbons (Fsp3) is 0.111. The molecule has 0 aliphatic heterocycles. The Hall–Kier alpha value is -1.84. The summed E-state index contributed by atoms with van der Waals surface area (Å²) in [4.78, 5) is 11.3. The van der Waals surface area contributed by atoms with Gasteiger partial charge in [0.05, 0.1) is 5.69 Å². The summed E-state index contributed by atoms with van der Waals surface area (Å²) in [5, 5.41) is 2.90. The third-order valence-electron chi connectivity index (χ3n) is 1.77. The highest BCUT2D eigenvalue weighted by molar-refractivity contribution is 5.58. The van der Waals surface area contributed by atoms with E-state index in [2.05, 4.69) is 20.3 Å². The molecule has 2 aromatic rings. The molecule has 0 unspecified atom stereocenters. The van der Waals surface area contributed by atoms with E-state index in [0.29, 0.717) is 5.95 Å². The first kappa shape index (κ1) is 7.79. The summed E-state index contributed by atoms with van der Waals surface area (Å²) in [5.74, 6) is 0.638. The maximum Gasteiger partial charge on any atom is 0.222 e. The van der Waals surface area contributed by atoms with Gasteiger partial charge in [-0.15, -0.1) is 0 Å². The molecule has 4 nitrogen and oxygen atoms in total. The van der Waals surface area contributed by atoms with E-state index < -0.39 is 0 Å². The van der Waals surface area contributed by atoms with E-state index in [1.54, 1.807) is 13.2 Å². The van der Waals surface area contributed by atoms with Gasteiger partial charge >= 0.3 is 0 Å². The molecule has 0 fully saturated rings. The lowest BCUT2D eigenvalue weighted by Crippen LogP contribution is -1.95. The van der Waals surface area contributed by atoms with E-state index in [0.717, 1.165) is 11.3 Å². The number of aromatic nitrogens is 3. The Morgan fingerprint density at radius 1 is 1.38 bits per heavy atom. The van der Waals surface area contributed by atoms with Crippen LogP contribution in [0.1, 0.15) is 0 Å². The van der Waals surface area contributed by atoms with E-state index in [4.69, 9.17) is 0 Å². The number of nitrogens with one attached hydrogen (secondary N) is 2. The Morgan fingerprint density at radius 2 is 2.31 bits per heavy atom. The van der Waals surface area contributed by atoms with E-state index in [1.165, 1.54) is 0 Å². The van der Waals surface area contributed by atoms with Gasteiger partial charge in [0.25, 0.3) is 0 Å². The zero-order valence-electron chi connectivity index (χ0n) is 7.28. The Balaban J connectivity index is 2.41. The van der Waals surface area contributed by atoms with Crippen molar-refractivity contribution in [3.05, 3.63) is 30.7 Å². The van der Waals surface area contributed by atoms with Gasteiger partial charge in [-0.05, 0) is 12.1 Å². The Kier molecular flexibility index (Phi) is 1.96. The molecule has 66 valence electrons. The van der Waals surface area contributed by atoms with Crippen LogP contribution < -0.4 is 5.32 Å². The molecule has 2 aromatic heterocycles. The number of aromatic amines is 1. The maximum atomic E-state index is 4.29. The van der Waals surface area contributed by atoms with Crippen LogP contribution in [0.3, 0.4) is 0 Å². The minimum absolute atomic E-state index is 0.638. The Morgan fingerprint density at radius 3 is 3.00 bits per heavy atom. The molecule has 2 rings (SSSR count). The summed E-state index contributed by atoms with van der Waals surface area (Å²) >= 11 is 0. The van der Waals surface area contributed by atoms with Gasteiger partial charge in [-0.25, -0.2) is 9.97 Å². The average molecular weight is 174 g/mol. The van der Waals surface area contributed by atoms with Crippen LogP contribution in [0.2, 0.25) is 0 Å². The topological polar surface area (TPSA) is 53.6 Å². The predicted octanol–water partition coefficient (Wildman–Crippen LogP) is 1.51. The largest absolute Gasteiger partial charge is 0.367 e. The zero-order chi connectivity index (χ0) is 9.10. The zero-order valence-corrected chi connectivity index (χ0v) is 7.28. The standard InChI is InChI=1S/C9H10N4/c1-10-9-12-5-3-8(13-9)7-2-4-11-6-7/h2-6,11H,1H3,(H,10,12,13). The van der Waals surface area contributed by atoms with Gasteiger partial charge in [0.2, 0.25) is 5.95 Å². The van der Waals surface area contributed by atoms with Crippen molar-refractivity contribution in [2.75, 3.05) is 12.4 Å². The first-order valence-corrected chi connectivity index (χ1v) is 4.04. The monoisotopic (exact) mass is 174 g/mol. The van der Waals surface area contributed by atoms with Crippen LogP contribution in [0, 0.1) is 0 Å². The number of nitrogens with zero attached hydrogens (tertiary/aromatic N) is 2. The van der Waals surface area contributed by atoms with Crippen molar-refractivity contribution >= 4 is 5.95 Å². The smallest absolute Gasteiger partial charge is 0.222 e. The summed E-state index contributed by atoms with van der Waals surface area (Å²) in [6, 6.07) is 3.85. The highest BCUT2D eigenvalue weighted by Gasteiger charge is 1.99. The molecule has 13 heavy (non-hydrogen) atoms. The molecule has 0 aromatic carbocycles. The number of anilines is 1.